The van der Waals surface area contributed by atoms with Crippen molar-refractivity contribution in [1.82, 2.24) is 4.98 Å². The minimum atomic E-state index is -0.196. The predicted molar refractivity (Wildman–Crippen MR) is 38.7 cm³/mol. The van der Waals surface area contributed by atoms with Crippen molar-refractivity contribution in [1.29, 1.82) is 0 Å². The molecule has 1 aromatic rings. The second kappa shape index (κ2) is 2.14. The lowest BCUT2D eigenvalue weighted by atomic mass is 10.4. The van der Waals surface area contributed by atoms with E-state index in [2.05, 4.69) is 17.6 Å². The summed E-state index contributed by atoms with van der Waals surface area (Å²) in [5, 5.41) is 0.522. The van der Waals surface area contributed by atoms with Crippen molar-refractivity contribution in [2.24, 2.45) is 0 Å². The Morgan fingerprint density at radius 3 is 2.78 bits per heavy atom. The van der Waals surface area contributed by atoms with Crippen LogP contribution in [-0.2, 0) is 0 Å². The van der Waals surface area contributed by atoms with Crippen molar-refractivity contribution in [3.8, 4) is 0 Å². The Kier molecular flexibility index (Phi) is 1.48. The third-order valence-electron chi connectivity index (χ3n) is 0.928. The second-order valence-electron chi connectivity index (χ2n) is 1.64. The van der Waals surface area contributed by atoms with E-state index in [4.69, 9.17) is 5.73 Å². The molecule has 9 heavy (non-hydrogen) atoms. The fourth-order valence-corrected chi connectivity index (χ4v) is 0.654. The van der Waals surface area contributed by atoms with Crippen molar-refractivity contribution < 1.29 is 0 Å². The second-order valence-corrected chi connectivity index (χ2v) is 2.12. The first-order valence-electron chi connectivity index (χ1n) is 2.37. The van der Waals surface area contributed by atoms with Gasteiger partial charge in [0.2, 0.25) is 5.43 Å². The van der Waals surface area contributed by atoms with Gasteiger partial charge in [0, 0.05) is 12.3 Å². The normalized spacial score (nSPS) is 9.44. The molecule has 0 aliphatic carbocycles. The summed E-state index contributed by atoms with van der Waals surface area (Å²) in [6.45, 7) is 0. The van der Waals surface area contributed by atoms with Crippen LogP contribution < -0.4 is 11.2 Å². The van der Waals surface area contributed by atoms with E-state index in [1.165, 1.54) is 12.3 Å². The number of rotatable bonds is 0. The number of anilines is 1. The van der Waals surface area contributed by atoms with Crippen molar-refractivity contribution in [3.05, 3.63) is 22.5 Å². The van der Waals surface area contributed by atoms with E-state index in [0.29, 0.717) is 5.03 Å². The van der Waals surface area contributed by atoms with E-state index < -0.39 is 0 Å². The Labute approximate surface area is 57.3 Å². The number of nitrogen functional groups attached to an aromatic ring is 1. The van der Waals surface area contributed by atoms with Gasteiger partial charge in [-0.15, -0.1) is 12.6 Å². The molecule has 0 aliphatic heterocycles. The molecule has 0 unspecified atom stereocenters. The number of pyridine rings is 1. The summed E-state index contributed by atoms with van der Waals surface area (Å²) < 4.78 is 0. The zero-order valence-corrected chi connectivity index (χ0v) is 5.48. The Morgan fingerprint density at radius 1 is 1.67 bits per heavy atom. The lowest BCUT2D eigenvalue weighted by molar-refractivity contribution is 1.13. The third-order valence-corrected chi connectivity index (χ3v) is 1.19. The number of thiol groups is 1. The van der Waals surface area contributed by atoms with Crippen LogP contribution in [0.25, 0.3) is 0 Å². The van der Waals surface area contributed by atoms with Gasteiger partial charge in [-0.2, -0.15) is 0 Å². The molecule has 0 amide bonds. The molecule has 48 valence electrons. The van der Waals surface area contributed by atoms with Gasteiger partial charge in [0.1, 0.15) is 0 Å². The highest BCUT2D eigenvalue weighted by Crippen LogP contribution is 1.96. The van der Waals surface area contributed by atoms with E-state index in [1.54, 1.807) is 0 Å². The largest absolute Gasteiger partial charge is 0.394 e. The molecule has 4 heteroatoms. The summed E-state index contributed by atoms with van der Waals surface area (Å²) in [4.78, 5) is 13.3. The Morgan fingerprint density at radius 2 is 2.33 bits per heavy atom. The highest BCUT2D eigenvalue weighted by molar-refractivity contribution is 7.80. The number of H-pyrrole nitrogens is 1. The summed E-state index contributed by atoms with van der Waals surface area (Å²) in [5.41, 5.74) is 5.23. The molecule has 0 bridgehead atoms. The summed E-state index contributed by atoms with van der Waals surface area (Å²) in [6.07, 6.45) is 1.42. The number of aromatic amines is 1. The van der Waals surface area contributed by atoms with E-state index in [1.807, 2.05) is 0 Å². The predicted octanol–water partition coefficient (Wildman–Crippen LogP) is 0.246. The lowest BCUT2D eigenvalue weighted by Gasteiger charge is -1.90. The molecular formula is C5H6N2OS. The Balaban J connectivity index is 3.34. The number of nitrogens with two attached hydrogens (primary N) is 1. The quantitative estimate of drug-likeness (QED) is 0.455. The summed E-state index contributed by atoms with van der Waals surface area (Å²) in [5.74, 6) is 0. The summed E-state index contributed by atoms with van der Waals surface area (Å²) in [7, 11) is 0. The molecule has 1 aromatic heterocycles. The SMILES string of the molecule is Nc1c[nH]c(S)cc1=O. The number of nitrogens with one attached hydrogen (secondary N) is 1. The van der Waals surface area contributed by atoms with Gasteiger partial charge in [0.05, 0.1) is 10.7 Å². The fraction of sp³-hybridized carbons (Fsp3) is 0. The minimum Gasteiger partial charge on any atom is -0.394 e. The summed E-state index contributed by atoms with van der Waals surface area (Å²) in [6, 6.07) is 1.33. The average molecular weight is 142 g/mol. The van der Waals surface area contributed by atoms with E-state index in [9.17, 15) is 4.79 Å². The van der Waals surface area contributed by atoms with Crippen LogP contribution >= 0.6 is 12.6 Å². The van der Waals surface area contributed by atoms with Gasteiger partial charge in [-0.1, -0.05) is 0 Å². The number of hydrogen-bond acceptors (Lipinski definition) is 3. The monoisotopic (exact) mass is 142 g/mol. The van der Waals surface area contributed by atoms with Gasteiger partial charge in [-0.3, -0.25) is 4.79 Å². The smallest absolute Gasteiger partial charge is 0.205 e. The van der Waals surface area contributed by atoms with Crippen LogP contribution in [0.15, 0.2) is 22.1 Å². The van der Waals surface area contributed by atoms with Gasteiger partial charge < -0.3 is 10.7 Å². The van der Waals surface area contributed by atoms with Gasteiger partial charge in [-0.25, -0.2) is 0 Å². The Bertz CT molecular complexity index is 268. The fourth-order valence-electron chi connectivity index (χ4n) is 0.472. The number of aromatic nitrogens is 1. The van der Waals surface area contributed by atoms with Gasteiger partial charge >= 0.3 is 0 Å². The van der Waals surface area contributed by atoms with E-state index >= 15 is 0 Å². The molecule has 3 nitrogen and oxygen atoms in total. The van der Waals surface area contributed by atoms with Crippen molar-refractivity contribution >= 4 is 18.3 Å². The lowest BCUT2D eigenvalue weighted by Crippen LogP contribution is -2.06. The molecule has 0 saturated heterocycles. The highest BCUT2D eigenvalue weighted by Gasteiger charge is 1.90. The molecular weight excluding hydrogens is 136 g/mol. The van der Waals surface area contributed by atoms with Gasteiger partial charge in [-0.05, 0) is 0 Å². The maximum absolute atomic E-state index is 10.6. The molecule has 0 saturated carbocycles. The third kappa shape index (κ3) is 1.26. The first kappa shape index (κ1) is 6.22. The molecule has 0 aliphatic rings. The molecule has 0 aromatic carbocycles. The van der Waals surface area contributed by atoms with E-state index in [-0.39, 0.29) is 11.1 Å². The summed E-state index contributed by atoms with van der Waals surface area (Å²) >= 11 is 3.89. The van der Waals surface area contributed by atoms with Crippen molar-refractivity contribution in [2.45, 2.75) is 5.03 Å². The zero-order chi connectivity index (χ0) is 6.85. The van der Waals surface area contributed by atoms with Crippen LogP contribution in [0.3, 0.4) is 0 Å². The Hall–Kier alpha value is -0.900. The van der Waals surface area contributed by atoms with Crippen molar-refractivity contribution in [3.63, 3.8) is 0 Å². The minimum absolute atomic E-state index is 0.196. The maximum atomic E-state index is 10.6. The molecule has 0 atom stereocenters. The molecule has 0 radical (unpaired) electrons. The van der Waals surface area contributed by atoms with Crippen LogP contribution in [-0.4, -0.2) is 4.98 Å². The van der Waals surface area contributed by atoms with Crippen LogP contribution in [0.4, 0.5) is 5.69 Å². The highest BCUT2D eigenvalue weighted by atomic mass is 32.1. The van der Waals surface area contributed by atoms with Gasteiger partial charge in [0.15, 0.2) is 0 Å². The first-order valence-corrected chi connectivity index (χ1v) is 2.82. The molecule has 3 N–H and O–H groups in total. The van der Waals surface area contributed by atoms with Crippen LogP contribution in [0.5, 0.6) is 0 Å². The standard InChI is InChI=1S/C5H6N2OS/c6-3-2-7-5(9)1-4(3)8/h1-2H,6H2,(H2,7,8,9). The van der Waals surface area contributed by atoms with Crippen LogP contribution in [0, 0.1) is 0 Å². The molecule has 0 fully saturated rings. The topological polar surface area (TPSA) is 58.9 Å². The molecule has 0 spiro atoms. The van der Waals surface area contributed by atoms with Crippen LogP contribution in [0.1, 0.15) is 0 Å². The van der Waals surface area contributed by atoms with E-state index in [0.717, 1.165) is 0 Å². The van der Waals surface area contributed by atoms with Crippen LogP contribution in [0.2, 0.25) is 0 Å². The average Bonchev–Trinajstić information content (AvgIpc) is 1.80. The van der Waals surface area contributed by atoms with Crippen molar-refractivity contribution in [2.75, 3.05) is 5.73 Å². The molecule has 1 rings (SSSR count). The number of hydrogen-bond donors (Lipinski definition) is 3. The first-order chi connectivity index (χ1) is 4.20. The van der Waals surface area contributed by atoms with Gasteiger partial charge in [0.25, 0.3) is 0 Å². The maximum Gasteiger partial charge on any atom is 0.205 e. The molecule has 1 heterocycles. The zero-order valence-electron chi connectivity index (χ0n) is 4.59.